The van der Waals surface area contributed by atoms with Crippen molar-refractivity contribution in [2.24, 2.45) is 0 Å². The number of hydrogen-bond acceptors (Lipinski definition) is 6. The van der Waals surface area contributed by atoms with Crippen molar-refractivity contribution in [2.75, 3.05) is 6.61 Å². The van der Waals surface area contributed by atoms with E-state index in [0.29, 0.717) is 0 Å². The molecule has 0 bridgehead atoms. The summed E-state index contributed by atoms with van der Waals surface area (Å²) in [5.74, 6) is -2.82. The topological polar surface area (TPSA) is 107 Å². The van der Waals surface area contributed by atoms with Crippen LogP contribution in [0.15, 0.2) is 11.5 Å². The molecule has 6 nitrogen and oxygen atoms in total. The van der Waals surface area contributed by atoms with Gasteiger partial charge in [-0.1, -0.05) is 0 Å². The van der Waals surface area contributed by atoms with Crippen molar-refractivity contribution in [3.8, 4) is 0 Å². The number of rotatable bonds is 2. The fraction of sp³-hybridized carbons (Fsp3) is 0.571. The van der Waals surface area contributed by atoms with Crippen LogP contribution in [-0.4, -0.2) is 44.7 Å². The average Bonchev–Trinajstić information content (AvgIpc) is 2.30. The third-order valence-corrected chi connectivity index (χ3v) is 2.00. The van der Waals surface area contributed by atoms with Gasteiger partial charge in [-0.25, -0.2) is 4.79 Å². The highest BCUT2D eigenvalue weighted by Crippen LogP contribution is 2.32. The van der Waals surface area contributed by atoms with Gasteiger partial charge in [-0.3, -0.25) is 0 Å². The summed E-state index contributed by atoms with van der Waals surface area (Å²) in [6.45, 7) is 0.492. The summed E-state index contributed by atoms with van der Waals surface area (Å²) in [6, 6.07) is 0. The van der Waals surface area contributed by atoms with E-state index in [1.807, 2.05) is 0 Å². The predicted molar refractivity (Wildman–Crippen MR) is 39.9 cm³/mol. The van der Waals surface area contributed by atoms with Gasteiger partial charge in [0.1, 0.15) is 6.10 Å². The van der Waals surface area contributed by atoms with Gasteiger partial charge in [0, 0.05) is 0 Å². The standard InChI is InChI=1S/C7H10O6/c1-7(3(9)2-8)5(11)4(10)6(12)13-7/h3,8-11H,2H2,1H3/t3-,7-/m1/s1. The molecule has 0 radical (unpaired) electrons. The van der Waals surface area contributed by atoms with Crippen LogP contribution in [0.2, 0.25) is 0 Å². The van der Waals surface area contributed by atoms with Crippen LogP contribution in [0.25, 0.3) is 0 Å². The van der Waals surface area contributed by atoms with Crippen molar-refractivity contribution >= 4 is 5.97 Å². The minimum absolute atomic E-state index is 0.693. The van der Waals surface area contributed by atoms with Crippen LogP contribution in [-0.2, 0) is 9.53 Å². The fourth-order valence-corrected chi connectivity index (χ4v) is 1.02. The lowest BCUT2D eigenvalue weighted by Crippen LogP contribution is -2.44. The molecule has 0 amide bonds. The van der Waals surface area contributed by atoms with Crippen molar-refractivity contribution in [1.29, 1.82) is 0 Å². The summed E-state index contributed by atoms with van der Waals surface area (Å²) in [5.41, 5.74) is -1.75. The number of carbonyl (C=O) groups is 1. The van der Waals surface area contributed by atoms with E-state index in [2.05, 4.69) is 4.74 Å². The zero-order valence-electron chi connectivity index (χ0n) is 6.89. The summed E-state index contributed by atoms with van der Waals surface area (Å²) in [4.78, 5) is 10.7. The van der Waals surface area contributed by atoms with Gasteiger partial charge in [0.25, 0.3) is 0 Å². The molecule has 1 aliphatic heterocycles. The Balaban J connectivity index is 3.03. The van der Waals surface area contributed by atoms with Crippen molar-refractivity contribution in [1.82, 2.24) is 0 Å². The van der Waals surface area contributed by atoms with Gasteiger partial charge in [0.15, 0.2) is 11.4 Å². The Kier molecular flexibility index (Phi) is 2.19. The van der Waals surface area contributed by atoms with E-state index in [9.17, 15) is 15.0 Å². The zero-order valence-corrected chi connectivity index (χ0v) is 6.89. The quantitative estimate of drug-likeness (QED) is 0.415. The van der Waals surface area contributed by atoms with Crippen molar-refractivity contribution in [2.45, 2.75) is 18.6 Å². The molecule has 0 saturated carbocycles. The molecule has 2 atom stereocenters. The highest BCUT2D eigenvalue weighted by molar-refractivity contribution is 5.89. The van der Waals surface area contributed by atoms with Gasteiger partial charge in [-0.15, -0.1) is 0 Å². The number of cyclic esters (lactones) is 1. The van der Waals surface area contributed by atoms with Gasteiger partial charge in [-0.2, -0.15) is 0 Å². The van der Waals surface area contributed by atoms with Crippen molar-refractivity contribution in [3.63, 3.8) is 0 Å². The maximum absolute atomic E-state index is 10.7. The summed E-state index contributed by atoms with van der Waals surface area (Å²) < 4.78 is 4.50. The first-order chi connectivity index (χ1) is 5.93. The van der Waals surface area contributed by atoms with Crippen LogP contribution in [0.3, 0.4) is 0 Å². The molecule has 0 fully saturated rings. The highest BCUT2D eigenvalue weighted by Gasteiger charge is 2.50. The largest absolute Gasteiger partial charge is 0.505 e. The Morgan fingerprint density at radius 2 is 2.08 bits per heavy atom. The number of aliphatic hydroxyl groups excluding tert-OH is 4. The monoisotopic (exact) mass is 190 g/mol. The van der Waals surface area contributed by atoms with E-state index in [4.69, 9.17) is 10.2 Å². The molecule has 0 unspecified atom stereocenters. The molecular formula is C7H10O6. The van der Waals surface area contributed by atoms with Crippen LogP contribution in [0, 0.1) is 0 Å². The van der Waals surface area contributed by atoms with Crippen LogP contribution < -0.4 is 0 Å². The molecule has 0 saturated heterocycles. The summed E-state index contributed by atoms with van der Waals surface area (Å²) >= 11 is 0. The first-order valence-corrected chi connectivity index (χ1v) is 3.58. The number of hydrogen-bond donors (Lipinski definition) is 4. The molecule has 0 aromatic rings. The first kappa shape index (κ1) is 9.82. The minimum atomic E-state index is -1.75. The third-order valence-electron chi connectivity index (χ3n) is 2.00. The molecule has 0 aromatic heterocycles. The van der Waals surface area contributed by atoms with Gasteiger partial charge >= 0.3 is 5.97 Å². The van der Waals surface area contributed by atoms with Gasteiger partial charge < -0.3 is 25.2 Å². The van der Waals surface area contributed by atoms with Crippen molar-refractivity contribution in [3.05, 3.63) is 11.5 Å². The van der Waals surface area contributed by atoms with Crippen LogP contribution in [0.5, 0.6) is 0 Å². The maximum atomic E-state index is 10.7. The van der Waals surface area contributed by atoms with E-state index in [-0.39, 0.29) is 0 Å². The van der Waals surface area contributed by atoms with E-state index < -0.39 is 35.8 Å². The second-order valence-corrected chi connectivity index (χ2v) is 2.89. The Morgan fingerprint density at radius 1 is 1.54 bits per heavy atom. The second kappa shape index (κ2) is 2.90. The molecule has 74 valence electrons. The van der Waals surface area contributed by atoms with E-state index >= 15 is 0 Å². The smallest absolute Gasteiger partial charge is 0.378 e. The number of ether oxygens (including phenoxy) is 1. The molecular weight excluding hydrogens is 180 g/mol. The Labute approximate surface area is 73.7 Å². The molecule has 1 aliphatic rings. The summed E-state index contributed by atoms with van der Waals surface area (Å²) in [6.07, 6.45) is -1.47. The van der Waals surface area contributed by atoms with Crippen LogP contribution >= 0.6 is 0 Å². The fourth-order valence-electron chi connectivity index (χ4n) is 1.02. The zero-order chi connectivity index (χ0) is 10.2. The van der Waals surface area contributed by atoms with Gasteiger partial charge in [0.2, 0.25) is 5.76 Å². The third kappa shape index (κ3) is 1.24. The Hall–Kier alpha value is -1.27. The van der Waals surface area contributed by atoms with Crippen LogP contribution in [0.1, 0.15) is 6.92 Å². The molecule has 1 rings (SSSR count). The molecule has 6 heteroatoms. The maximum Gasteiger partial charge on any atom is 0.378 e. The van der Waals surface area contributed by atoms with Gasteiger partial charge in [0.05, 0.1) is 6.61 Å². The van der Waals surface area contributed by atoms with E-state index in [1.165, 1.54) is 6.92 Å². The molecule has 4 N–H and O–H groups in total. The lowest BCUT2D eigenvalue weighted by Gasteiger charge is -2.26. The van der Waals surface area contributed by atoms with Crippen molar-refractivity contribution < 1.29 is 30.0 Å². The number of carbonyl (C=O) groups excluding carboxylic acids is 1. The normalized spacial score (nSPS) is 30.5. The summed E-state index contributed by atoms with van der Waals surface area (Å²) in [5, 5.41) is 35.9. The molecule has 13 heavy (non-hydrogen) atoms. The first-order valence-electron chi connectivity index (χ1n) is 3.58. The molecule has 0 aromatic carbocycles. The number of esters is 1. The van der Waals surface area contributed by atoms with Crippen LogP contribution in [0.4, 0.5) is 0 Å². The Morgan fingerprint density at radius 3 is 2.38 bits per heavy atom. The van der Waals surface area contributed by atoms with Gasteiger partial charge in [-0.05, 0) is 6.92 Å². The number of aliphatic hydroxyl groups is 4. The summed E-state index contributed by atoms with van der Waals surface area (Å²) in [7, 11) is 0. The minimum Gasteiger partial charge on any atom is -0.505 e. The van der Waals surface area contributed by atoms with E-state index in [0.717, 1.165) is 0 Å². The Bertz CT molecular complexity index is 270. The molecule has 1 heterocycles. The lowest BCUT2D eigenvalue weighted by molar-refractivity contribution is -0.160. The van der Waals surface area contributed by atoms with E-state index in [1.54, 1.807) is 0 Å². The SMILES string of the molecule is C[C@]1([C@H](O)CO)OC(=O)C(O)=C1O. The lowest BCUT2D eigenvalue weighted by atomic mass is 9.98. The predicted octanol–water partition coefficient (Wildman–Crippen LogP) is -1.02. The second-order valence-electron chi connectivity index (χ2n) is 2.89. The molecule has 0 aliphatic carbocycles. The average molecular weight is 190 g/mol. The highest BCUT2D eigenvalue weighted by atomic mass is 16.6. The molecule has 0 spiro atoms.